The third kappa shape index (κ3) is 2.54. The van der Waals surface area contributed by atoms with Crippen LogP contribution in [0.3, 0.4) is 0 Å². The Bertz CT molecular complexity index is 859. The van der Waals surface area contributed by atoms with Crippen LogP contribution in [0.2, 0.25) is 0 Å². The molecule has 0 saturated carbocycles. The van der Waals surface area contributed by atoms with Crippen molar-refractivity contribution in [2.75, 3.05) is 0 Å². The Morgan fingerprint density at radius 3 is 1.31 bits per heavy atom. The number of rotatable bonds is 3. The first kappa shape index (κ1) is 16.3. The summed E-state index contributed by atoms with van der Waals surface area (Å²) in [6.07, 6.45) is -1.07. The minimum Gasteiger partial charge on any atom is -0.449 e. The molecule has 2 aromatic carbocycles. The number of hydrogen-bond acceptors (Lipinski definition) is 4. The molecule has 0 radical (unpaired) electrons. The summed E-state index contributed by atoms with van der Waals surface area (Å²) in [6.45, 7) is 3.48. The minimum atomic E-state index is -0.533. The summed E-state index contributed by atoms with van der Waals surface area (Å²) in [5, 5.41) is 0. The predicted molar refractivity (Wildman–Crippen MR) is 96.0 cm³/mol. The van der Waals surface area contributed by atoms with Gasteiger partial charge in [0.1, 0.15) is 0 Å². The molecule has 2 aliphatic heterocycles. The first-order valence-corrected chi connectivity index (χ1v) is 8.51. The van der Waals surface area contributed by atoms with E-state index in [1.54, 1.807) is 13.8 Å². The first-order chi connectivity index (χ1) is 12.6. The highest BCUT2D eigenvalue weighted by Gasteiger charge is 2.43. The standard InChI is InChI=1S/C22H18O4/c1-13-17(19(25-21(13)23)15-9-5-3-6-10-15)18-14(2)22(24)26-20(18)16-11-7-4-8-12-16/h3-12,19-20H,1-2H3. The molecule has 0 amide bonds. The first-order valence-electron chi connectivity index (χ1n) is 8.51. The number of benzene rings is 2. The Balaban J connectivity index is 1.87. The highest BCUT2D eigenvalue weighted by molar-refractivity contribution is 5.98. The summed E-state index contributed by atoms with van der Waals surface area (Å²) >= 11 is 0. The monoisotopic (exact) mass is 346 g/mol. The van der Waals surface area contributed by atoms with E-state index in [-0.39, 0.29) is 11.9 Å². The molecule has 4 nitrogen and oxygen atoms in total. The van der Waals surface area contributed by atoms with Crippen molar-refractivity contribution in [2.45, 2.75) is 26.1 Å². The summed E-state index contributed by atoms with van der Waals surface area (Å²) in [6, 6.07) is 19.1. The van der Waals surface area contributed by atoms with Crippen molar-refractivity contribution in [3.8, 4) is 0 Å². The van der Waals surface area contributed by atoms with Crippen LogP contribution >= 0.6 is 0 Å². The van der Waals surface area contributed by atoms with Crippen LogP contribution in [0.4, 0.5) is 0 Å². The molecular weight excluding hydrogens is 328 g/mol. The largest absolute Gasteiger partial charge is 0.449 e. The van der Waals surface area contributed by atoms with E-state index in [1.807, 2.05) is 60.7 Å². The van der Waals surface area contributed by atoms with E-state index in [1.165, 1.54) is 0 Å². The molecule has 26 heavy (non-hydrogen) atoms. The summed E-state index contributed by atoms with van der Waals surface area (Å²) < 4.78 is 11.3. The van der Waals surface area contributed by atoms with E-state index in [9.17, 15) is 9.59 Å². The van der Waals surface area contributed by atoms with Gasteiger partial charge in [0.2, 0.25) is 0 Å². The lowest BCUT2D eigenvalue weighted by atomic mass is 9.86. The fourth-order valence-corrected chi connectivity index (χ4v) is 3.53. The van der Waals surface area contributed by atoms with Crippen LogP contribution in [-0.2, 0) is 19.1 Å². The Hall–Kier alpha value is -3.14. The third-order valence-corrected chi connectivity index (χ3v) is 4.89. The summed E-state index contributed by atoms with van der Waals surface area (Å²) in [7, 11) is 0. The summed E-state index contributed by atoms with van der Waals surface area (Å²) in [5.74, 6) is -0.722. The van der Waals surface area contributed by atoms with E-state index < -0.39 is 12.2 Å². The number of carbonyl (C=O) groups is 2. The maximum absolute atomic E-state index is 12.3. The van der Waals surface area contributed by atoms with Gasteiger partial charge in [0.05, 0.1) is 0 Å². The Morgan fingerprint density at radius 1 is 0.615 bits per heavy atom. The molecule has 2 aromatic rings. The maximum atomic E-state index is 12.3. The SMILES string of the molecule is CC1=C(C2=C(C)C(=O)OC2c2ccccc2)C(c2ccccc2)OC1=O. The van der Waals surface area contributed by atoms with Crippen molar-refractivity contribution in [1.82, 2.24) is 0 Å². The lowest BCUT2D eigenvalue weighted by molar-refractivity contribution is -0.141. The van der Waals surface area contributed by atoms with Gasteiger partial charge in [0.15, 0.2) is 12.2 Å². The smallest absolute Gasteiger partial charge is 0.335 e. The molecule has 2 atom stereocenters. The topological polar surface area (TPSA) is 52.6 Å². The van der Waals surface area contributed by atoms with Crippen LogP contribution in [0, 0.1) is 0 Å². The maximum Gasteiger partial charge on any atom is 0.335 e. The van der Waals surface area contributed by atoms with Gasteiger partial charge in [-0.05, 0) is 25.0 Å². The van der Waals surface area contributed by atoms with E-state index in [0.717, 1.165) is 22.3 Å². The highest BCUT2D eigenvalue weighted by Crippen LogP contribution is 2.48. The van der Waals surface area contributed by atoms with Crippen LogP contribution in [0.25, 0.3) is 0 Å². The molecule has 4 heteroatoms. The van der Waals surface area contributed by atoms with Gasteiger partial charge < -0.3 is 9.47 Å². The van der Waals surface area contributed by atoms with Gasteiger partial charge in [-0.15, -0.1) is 0 Å². The Kier molecular flexibility index (Phi) is 3.96. The molecule has 0 fully saturated rings. The zero-order chi connectivity index (χ0) is 18.3. The van der Waals surface area contributed by atoms with Crippen LogP contribution in [0.15, 0.2) is 83.0 Å². The number of cyclic esters (lactones) is 2. The second kappa shape index (κ2) is 6.30. The van der Waals surface area contributed by atoms with E-state index in [0.29, 0.717) is 11.1 Å². The van der Waals surface area contributed by atoms with Crippen molar-refractivity contribution in [1.29, 1.82) is 0 Å². The Labute approximate surface area is 151 Å². The average molecular weight is 346 g/mol. The number of ether oxygens (including phenoxy) is 2. The van der Waals surface area contributed by atoms with Crippen LogP contribution < -0.4 is 0 Å². The van der Waals surface area contributed by atoms with Gasteiger partial charge >= 0.3 is 11.9 Å². The third-order valence-electron chi connectivity index (χ3n) is 4.89. The predicted octanol–water partition coefficient (Wildman–Crippen LogP) is 4.22. The second-order valence-corrected chi connectivity index (χ2v) is 6.47. The zero-order valence-electron chi connectivity index (χ0n) is 14.6. The van der Waals surface area contributed by atoms with E-state index in [2.05, 4.69) is 0 Å². The highest BCUT2D eigenvalue weighted by atomic mass is 16.6. The zero-order valence-corrected chi connectivity index (χ0v) is 14.6. The Morgan fingerprint density at radius 2 is 0.962 bits per heavy atom. The van der Waals surface area contributed by atoms with Crippen LogP contribution in [0.5, 0.6) is 0 Å². The van der Waals surface area contributed by atoms with Gasteiger partial charge in [-0.2, -0.15) is 0 Å². The second-order valence-electron chi connectivity index (χ2n) is 6.47. The van der Waals surface area contributed by atoms with Gasteiger partial charge in [-0.25, -0.2) is 9.59 Å². The van der Waals surface area contributed by atoms with Crippen molar-refractivity contribution >= 4 is 11.9 Å². The molecule has 2 heterocycles. The van der Waals surface area contributed by atoms with Crippen molar-refractivity contribution < 1.29 is 19.1 Å². The quantitative estimate of drug-likeness (QED) is 0.781. The number of esters is 2. The fourth-order valence-electron chi connectivity index (χ4n) is 3.53. The molecule has 2 aliphatic rings. The molecule has 0 saturated heterocycles. The van der Waals surface area contributed by atoms with Gasteiger partial charge in [-0.3, -0.25) is 0 Å². The molecular formula is C22H18O4. The average Bonchev–Trinajstić information content (AvgIpc) is 3.13. The van der Waals surface area contributed by atoms with Gasteiger partial charge in [0, 0.05) is 22.3 Å². The van der Waals surface area contributed by atoms with Crippen LogP contribution in [0.1, 0.15) is 37.2 Å². The molecule has 0 bridgehead atoms. The number of hydrogen-bond donors (Lipinski definition) is 0. The normalized spacial score (nSPS) is 22.7. The number of carbonyl (C=O) groups excluding carboxylic acids is 2. The molecule has 0 aromatic heterocycles. The van der Waals surface area contributed by atoms with Crippen molar-refractivity contribution in [3.05, 3.63) is 94.1 Å². The molecule has 4 rings (SSSR count). The van der Waals surface area contributed by atoms with Gasteiger partial charge in [0.25, 0.3) is 0 Å². The lowest BCUT2D eigenvalue weighted by Gasteiger charge is -2.20. The van der Waals surface area contributed by atoms with E-state index in [4.69, 9.17) is 9.47 Å². The molecule has 0 aliphatic carbocycles. The summed E-state index contributed by atoms with van der Waals surface area (Å²) in [4.78, 5) is 24.7. The molecule has 130 valence electrons. The van der Waals surface area contributed by atoms with E-state index >= 15 is 0 Å². The minimum absolute atomic E-state index is 0.361. The fraction of sp³-hybridized carbons (Fsp3) is 0.182. The molecule has 0 N–H and O–H groups in total. The van der Waals surface area contributed by atoms with Gasteiger partial charge in [-0.1, -0.05) is 60.7 Å². The molecule has 0 spiro atoms. The van der Waals surface area contributed by atoms with Crippen molar-refractivity contribution in [2.24, 2.45) is 0 Å². The summed E-state index contributed by atoms with van der Waals surface area (Å²) in [5.41, 5.74) is 4.26. The van der Waals surface area contributed by atoms with Crippen molar-refractivity contribution in [3.63, 3.8) is 0 Å². The lowest BCUT2D eigenvalue weighted by Crippen LogP contribution is -2.09. The molecule has 2 unspecified atom stereocenters. The van der Waals surface area contributed by atoms with Crippen LogP contribution in [-0.4, -0.2) is 11.9 Å².